The molecule has 0 fully saturated rings. The Morgan fingerprint density at radius 1 is 1.26 bits per heavy atom. The number of fused-ring (bicyclic) bond motifs is 1. The van der Waals surface area contributed by atoms with E-state index in [1.165, 1.54) is 54.2 Å². The second kappa shape index (κ2) is 7.41. The zero-order chi connectivity index (χ0) is 13.7. The van der Waals surface area contributed by atoms with Gasteiger partial charge < -0.3 is 10.2 Å². The molecule has 1 atom stereocenters. The summed E-state index contributed by atoms with van der Waals surface area (Å²) in [4.78, 5) is 2.26. The first-order chi connectivity index (χ1) is 9.15. The van der Waals surface area contributed by atoms with E-state index in [1.807, 2.05) is 0 Å². The molecule has 19 heavy (non-hydrogen) atoms. The van der Waals surface area contributed by atoms with Crippen molar-refractivity contribution in [2.75, 3.05) is 27.2 Å². The van der Waals surface area contributed by atoms with E-state index >= 15 is 0 Å². The molecule has 0 radical (unpaired) electrons. The van der Waals surface area contributed by atoms with Crippen LogP contribution in [0.4, 0.5) is 0 Å². The van der Waals surface area contributed by atoms with Crippen LogP contribution < -0.4 is 5.32 Å². The van der Waals surface area contributed by atoms with Gasteiger partial charge in [0.2, 0.25) is 0 Å². The summed E-state index contributed by atoms with van der Waals surface area (Å²) in [6.07, 6.45) is 6.25. The standard InChI is InChI=1S/C16H25BrN2/c1-19(2)10-4-3-9-18-16-8-6-13-11-15(17)7-5-14(13)12-16/h5,7,11,16,18H,3-4,6,8-10,12H2,1-2H3. The van der Waals surface area contributed by atoms with Crippen LogP contribution in [-0.4, -0.2) is 38.1 Å². The van der Waals surface area contributed by atoms with E-state index in [-0.39, 0.29) is 0 Å². The second-order valence-electron chi connectivity index (χ2n) is 5.82. The van der Waals surface area contributed by atoms with Crippen LogP contribution in [0.25, 0.3) is 0 Å². The quantitative estimate of drug-likeness (QED) is 0.808. The van der Waals surface area contributed by atoms with E-state index in [0.29, 0.717) is 6.04 Å². The lowest BCUT2D eigenvalue weighted by molar-refractivity contribution is 0.383. The molecule has 2 nitrogen and oxygen atoms in total. The fraction of sp³-hybridized carbons (Fsp3) is 0.625. The molecule has 1 aromatic rings. The van der Waals surface area contributed by atoms with Crippen LogP contribution in [0.1, 0.15) is 30.4 Å². The Balaban J connectivity index is 1.71. The maximum Gasteiger partial charge on any atom is 0.0178 e. The highest BCUT2D eigenvalue weighted by atomic mass is 79.9. The summed E-state index contributed by atoms with van der Waals surface area (Å²) in [7, 11) is 4.28. The molecule has 1 unspecified atom stereocenters. The molecule has 1 aromatic carbocycles. The minimum absolute atomic E-state index is 0.674. The third kappa shape index (κ3) is 4.90. The molecule has 0 aromatic heterocycles. The minimum Gasteiger partial charge on any atom is -0.314 e. The minimum atomic E-state index is 0.674. The maximum absolute atomic E-state index is 3.72. The molecule has 1 N–H and O–H groups in total. The first-order valence-electron chi connectivity index (χ1n) is 7.30. The van der Waals surface area contributed by atoms with Crippen molar-refractivity contribution in [3.63, 3.8) is 0 Å². The van der Waals surface area contributed by atoms with Gasteiger partial charge in [-0.2, -0.15) is 0 Å². The Bertz CT molecular complexity index is 404. The van der Waals surface area contributed by atoms with Crippen molar-refractivity contribution in [1.29, 1.82) is 0 Å². The van der Waals surface area contributed by atoms with Gasteiger partial charge in [0.15, 0.2) is 0 Å². The van der Waals surface area contributed by atoms with Crippen molar-refractivity contribution >= 4 is 15.9 Å². The molecule has 0 heterocycles. The van der Waals surface area contributed by atoms with Crippen molar-refractivity contribution in [2.24, 2.45) is 0 Å². The average Bonchev–Trinajstić information content (AvgIpc) is 2.38. The Morgan fingerprint density at radius 2 is 2.11 bits per heavy atom. The molecule has 0 spiro atoms. The van der Waals surface area contributed by atoms with Gasteiger partial charge in [0.1, 0.15) is 0 Å². The molecule has 0 saturated carbocycles. The lowest BCUT2D eigenvalue weighted by atomic mass is 9.88. The number of hydrogen-bond acceptors (Lipinski definition) is 2. The van der Waals surface area contributed by atoms with Gasteiger partial charge in [-0.05, 0) is 82.5 Å². The van der Waals surface area contributed by atoms with Crippen LogP contribution in [0.5, 0.6) is 0 Å². The normalized spacial score (nSPS) is 18.6. The van der Waals surface area contributed by atoms with Crippen LogP contribution in [0.15, 0.2) is 22.7 Å². The molecule has 0 saturated heterocycles. The predicted octanol–water partition coefficient (Wildman–Crippen LogP) is 3.24. The molecule has 0 aliphatic heterocycles. The monoisotopic (exact) mass is 324 g/mol. The van der Waals surface area contributed by atoms with Gasteiger partial charge in [-0.3, -0.25) is 0 Å². The number of aryl methyl sites for hydroxylation is 1. The van der Waals surface area contributed by atoms with Crippen LogP contribution >= 0.6 is 15.9 Å². The number of unbranched alkanes of at least 4 members (excludes halogenated alkanes) is 1. The van der Waals surface area contributed by atoms with Crippen molar-refractivity contribution in [2.45, 2.75) is 38.1 Å². The Kier molecular flexibility index (Phi) is 5.86. The molecular formula is C16H25BrN2. The van der Waals surface area contributed by atoms with E-state index in [9.17, 15) is 0 Å². The van der Waals surface area contributed by atoms with E-state index in [0.717, 1.165) is 6.54 Å². The number of rotatable bonds is 6. The summed E-state index contributed by atoms with van der Waals surface area (Å²) >= 11 is 3.56. The molecule has 0 amide bonds. The summed E-state index contributed by atoms with van der Waals surface area (Å²) in [5, 5.41) is 3.72. The summed E-state index contributed by atoms with van der Waals surface area (Å²) in [5.74, 6) is 0. The smallest absolute Gasteiger partial charge is 0.0178 e. The topological polar surface area (TPSA) is 15.3 Å². The number of nitrogens with one attached hydrogen (secondary N) is 1. The summed E-state index contributed by atoms with van der Waals surface area (Å²) in [5.41, 5.74) is 3.06. The fourth-order valence-corrected chi connectivity index (χ4v) is 3.17. The van der Waals surface area contributed by atoms with Crippen molar-refractivity contribution < 1.29 is 0 Å². The molecule has 1 aliphatic rings. The fourth-order valence-electron chi connectivity index (χ4n) is 2.76. The average molecular weight is 325 g/mol. The highest BCUT2D eigenvalue weighted by molar-refractivity contribution is 9.10. The molecule has 106 valence electrons. The van der Waals surface area contributed by atoms with Crippen molar-refractivity contribution in [1.82, 2.24) is 10.2 Å². The van der Waals surface area contributed by atoms with Gasteiger partial charge in [0, 0.05) is 10.5 Å². The first kappa shape index (κ1) is 15.0. The Labute approximate surface area is 125 Å². The number of nitrogens with zero attached hydrogens (tertiary/aromatic N) is 1. The summed E-state index contributed by atoms with van der Waals surface area (Å²) in [6.45, 7) is 2.35. The summed E-state index contributed by atoms with van der Waals surface area (Å²) < 4.78 is 1.21. The van der Waals surface area contributed by atoms with Crippen LogP contribution in [-0.2, 0) is 12.8 Å². The lowest BCUT2D eigenvalue weighted by Gasteiger charge is -2.26. The Hall–Kier alpha value is -0.380. The highest BCUT2D eigenvalue weighted by Gasteiger charge is 2.17. The van der Waals surface area contributed by atoms with E-state index in [4.69, 9.17) is 0 Å². The van der Waals surface area contributed by atoms with Crippen molar-refractivity contribution in [3.05, 3.63) is 33.8 Å². The first-order valence-corrected chi connectivity index (χ1v) is 8.10. The van der Waals surface area contributed by atoms with Gasteiger partial charge in [0.05, 0.1) is 0 Å². The number of benzene rings is 1. The predicted molar refractivity (Wildman–Crippen MR) is 85.7 cm³/mol. The zero-order valence-electron chi connectivity index (χ0n) is 12.1. The van der Waals surface area contributed by atoms with Crippen LogP contribution in [0.3, 0.4) is 0 Å². The van der Waals surface area contributed by atoms with Gasteiger partial charge >= 0.3 is 0 Å². The zero-order valence-corrected chi connectivity index (χ0v) is 13.7. The lowest BCUT2D eigenvalue weighted by Crippen LogP contribution is -2.35. The third-order valence-corrected chi connectivity index (χ3v) is 4.36. The molecular weight excluding hydrogens is 300 g/mol. The molecule has 2 rings (SSSR count). The van der Waals surface area contributed by atoms with Crippen molar-refractivity contribution in [3.8, 4) is 0 Å². The SMILES string of the molecule is CN(C)CCCCNC1CCc2cc(Br)ccc2C1. The maximum atomic E-state index is 3.72. The molecule has 1 aliphatic carbocycles. The van der Waals surface area contributed by atoms with Crippen LogP contribution in [0, 0.1) is 0 Å². The van der Waals surface area contributed by atoms with Gasteiger partial charge in [-0.25, -0.2) is 0 Å². The third-order valence-electron chi connectivity index (χ3n) is 3.86. The van der Waals surface area contributed by atoms with Crippen LogP contribution in [0.2, 0.25) is 0 Å². The highest BCUT2D eigenvalue weighted by Crippen LogP contribution is 2.24. The van der Waals surface area contributed by atoms with Gasteiger partial charge in [0.25, 0.3) is 0 Å². The molecule has 3 heteroatoms. The summed E-state index contributed by atoms with van der Waals surface area (Å²) in [6, 6.07) is 7.40. The van der Waals surface area contributed by atoms with Gasteiger partial charge in [-0.1, -0.05) is 22.0 Å². The van der Waals surface area contributed by atoms with Gasteiger partial charge in [-0.15, -0.1) is 0 Å². The van der Waals surface area contributed by atoms with E-state index in [2.05, 4.69) is 58.4 Å². The largest absolute Gasteiger partial charge is 0.314 e. The molecule has 0 bridgehead atoms. The van der Waals surface area contributed by atoms with E-state index in [1.54, 1.807) is 0 Å². The number of hydrogen-bond donors (Lipinski definition) is 1. The second-order valence-corrected chi connectivity index (χ2v) is 6.73. The Morgan fingerprint density at radius 3 is 2.89 bits per heavy atom. The van der Waals surface area contributed by atoms with E-state index < -0.39 is 0 Å². The number of halogens is 1.